The van der Waals surface area contributed by atoms with Crippen LogP contribution in [0.25, 0.3) is 0 Å². The first kappa shape index (κ1) is 27.8. The molecule has 192 valence electrons. The lowest BCUT2D eigenvalue weighted by Crippen LogP contribution is -2.45. The average molecular weight is 561 g/mol. The van der Waals surface area contributed by atoms with Gasteiger partial charge in [0.2, 0.25) is 15.9 Å². The van der Waals surface area contributed by atoms with Crippen molar-refractivity contribution in [1.82, 2.24) is 4.72 Å². The molecular formula is C24H21Cl2F3N2O4S. The topological polar surface area (TPSA) is 84.5 Å². The van der Waals surface area contributed by atoms with Crippen molar-refractivity contribution >= 4 is 44.8 Å². The van der Waals surface area contributed by atoms with Crippen molar-refractivity contribution in [1.29, 1.82) is 0 Å². The Balaban J connectivity index is 1.92. The number of sulfonamides is 1. The van der Waals surface area contributed by atoms with E-state index in [0.717, 1.165) is 12.1 Å². The first-order valence-corrected chi connectivity index (χ1v) is 12.8. The van der Waals surface area contributed by atoms with Gasteiger partial charge in [-0.05, 0) is 55.3 Å². The molecule has 1 amide bonds. The molecular weight excluding hydrogens is 540 g/mol. The fraction of sp³-hybridized carbons (Fsp3) is 0.208. The maximum absolute atomic E-state index is 13.1. The second kappa shape index (κ2) is 11.5. The van der Waals surface area contributed by atoms with Gasteiger partial charge in [0.15, 0.2) is 0 Å². The lowest BCUT2D eigenvalue weighted by molar-refractivity contribution is -0.137. The highest BCUT2D eigenvalue weighted by Gasteiger charge is 2.32. The minimum absolute atomic E-state index is 0.0551. The van der Waals surface area contributed by atoms with E-state index in [4.69, 9.17) is 27.9 Å². The molecule has 2 N–H and O–H groups in total. The number of nitrogens with one attached hydrogen (secondary N) is 2. The Morgan fingerprint density at radius 1 is 1.00 bits per heavy atom. The zero-order chi connectivity index (χ0) is 26.5. The SMILES string of the molecule is CCOc1ccc(S(=O)(=O)N[C@H](Cc2ccccc2)C(=O)Nc2cc(C(F)(F)F)ccc2Cl)cc1Cl. The van der Waals surface area contributed by atoms with Crippen LogP contribution in [0, 0.1) is 0 Å². The number of benzene rings is 3. The van der Waals surface area contributed by atoms with Gasteiger partial charge in [-0.15, -0.1) is 0 Å². The Kier molecular flexibility index (Phi) is 8.89. The summed E-state index contributed by atoms with van der Waals surface area (Å²) in [7, 11) is -4.28. The van der Waals surface area contributed by atoms with E-state index in [1.54, 1.807) is 37.3 Å². The van der Waals surface area contributed by atoms with Gasteiger partial charge in [-0.3, -0.25) is 4.79 Å². The highest BCUT2D eigenvalue weighted by molar-refractivity contribution is 7.89. The molecule has 0 aliphatic carbocycles. The van der Waals surface area contributed by atoms with Crippen LogP contribution in [0.5, 0.6) is 5.75 Å². The molecule has 3 aromatic rings. The van der Waals surface area contributed by atoms with Crippen LogP contribution in [0.2, 0.25) is 10.0 Å². The molecule has 6 nitrogen and oxygen atoms in total. The summed E-state index contributed by atoms with van der Waals surface area (Å²) >= 11 is 12.1. The van der Waals surface area contributed by atoms with Crippen LogP contribution in [0.4, 0.5) is 18.9 Å². The summed E-state index contributed by atoms with van der Waals surface area (Å²) in [5.41, 5.74) is -0.718. The van der Waals surface area contributed by atoms with Gasteiger partial charge in [-0.25, -0.2) is 8.42 Å². The minimum Gasteiger partial charge on any atom is -0.492 e. The van der Waals surface area contributed by atoms with Gasteiger partial charge in [0.25, 0.3) is 0 Å². The number of hydrogen-bond acceptors (Lipinski definition) is 4. The molecule has 0 radical (unpaired) electrons. The Hall–Kier alpha value is -2.79. The second-order valence-electron chi connectivity index (χ2n) is 7.57. The Labute approximate surface area is 216 Å². The molecule has 1 atom stereocenters. The predicted octanol–water partition coefficient (Wildman–Crippen LogP) is 5.94. The highest BCUT2D eigenvalue weighted by Crippen LogP contribution is 2.34. The fourth-order valence-electron chi connectivity index (χ4n) is 3.23. The average Bonchev–Trinajstić information content (AvgIpc) is 2.81. The second-order valence-corrected chi connectivity index (χ2v) is 10.1. The van der Waals surface area contributed by atoms with E-state index in [9.17, 15) is 26.4 Å². The van der Waals surface area contributed by atoms with Gasteiger partial charge in [0.1, 0.15) is 11.8 Å². The van der Waals surface area contributed by atoms with Crippen molar-refractivity contribution < 1.29 is 31.1 Å². The molecule has 0 fully saturated rings. The van der Waals surface area contributed by atoms with Gasteiger partial charge < -0.3 is 10.1 Å². The van der Waals surface area contributed by atoms with Crippen LogP contribution in [0.3, 0.4) is 0 Å². The molecule has 0 unspecified atom stereocenters. The molecule has 0 saturated heterocycles. The molecule has 12 heteroatoms. The number of ether oxygens (including phenoxy) is 1. The Morgan fingerprint density at radius 2 is 1.69 bits per heavy atom. The summed E-state index contributed by atoms with van der Waals surface area (Å²) in [6.07, 6.45) is -4.75. The first-order valence-electron chi connectivity index (χ1n) is 10.6. The number of hydrogen-bond donors (Lipinski definition) is 2. The molecule has 36 heavy (non-hydrogen) atoms. The summed E-state index contributed by atoms with van der Waals surface area (Å²) in [6.45, 7) is 2.06. The van der Waals surface area contributed by atoms with Crippen molar-refractivity contribution in [2.45, 2.75) is 30.5 Å². The van der Waals surface area contributed by atoms with Gasteiger partial charge in [0, 0.05) is 0 Å². The fourth-order valence-corrected chi connectivity index (χ4v) is 4.92. The van der Waals surface area contributed by atoms with Crippen molar-refractivity contribution in [2.24, 2.45) is 0 Å². The predicted molar refractivity (Wildman–Crippen MR) is 132 cm³/mol. The van der Waals surface area contributed by atoms with Gasteiger partial charge in [-0.2, -0.15) is 17.9 Å². The maximum Gasteiger partial charge on any atom is 0.416 e. The number of alkyl halides is 3. The number of halogens is 5. The van der Waals surface area contributed by atoms with Gasteiger partial charge in [-0.1, -0.05) is 53.5 Å². The number of carbonyl (C=O) groups is 1. The number of rotatable bonds is 9. The van der Waals surface area contributed by atoms with Gasteiger partial charge in [0.05, 0.1) is 32.8 Å². The summed E-state index contributed by atoms with van der Waals surface area (Å²) in [6, 6.07) is 13.4. The summed E-state index contributed by atoms with van der Waals surface area (Å²) in [5.74, 6) is -0.614. The third-order valence-corrected chi connectivity index (χ3v) is 7.06. The number of carbonyl (C=O) groups excluding carboxylic acids is 1. The molecule has 3 rings (SSSR count). The smallest absolute Gasteiger partial charge is 0.416 e. The monoisotopic (exact) mass is 560 g/mol. The van der Waals surface area contributed by atoms with Crippen LogP contribution in [-0.2, 0) is 27.4 Å². The normalized spacial score (nSPS) is 12.7. The Bertz CT molecular complexity index is 1340. The highest BCUT2D eigenvalue weighted by atomic mass is 35.5. The van der Waals surface area contributed by atoms with Crippen LogP contribution in [-0.4, -0.2) is 27.0 Å². The van der Waals surface area contributed by atoms with Crippen LogP contribution in [0.1, 0.15) is 18.1 Å². The van der Waals surface area contributed by atoms with Gasteiger partial charge >= 0.3 is 6.18 Å². The van der Waals surface area contributed by atoms with Crippen molar-refractivity contribution in [3.05, 3.63) is 87.9 Å². The standard InChI is InChI=1S/C24H21Cl2F3N2O4S/c1-2-35-22-11-9-17(14-19(22)26)36(33,34)31-21(12-15-6-4-3-5-7-15)23(32)30-20-13-16(24(27,28)29)8-10-18(20)25/h3-11,13-14,21,31H,2,12H2,1H3,(H,30,32)/t21-/m1/s1. The first-order chi connectivity index (χ1) is 16.9. The molecule has 3 aromatic carbocycles. The zero-order valence-electron chi connectivity index (χ0n) is 18.8. The lowest BCUT2D eigenvalue weighted by atomic mass is 10.1. The van der Waals surface area contributed by atoms with E-state index < -0.39 is 33.7 Å². The quantitative estimate of drug-likeness (QED) is 0.339. The maximum atomic E-state index is 13.1. The van der Waals surface area contributed by atoms with Crippen LogP contribution < -0.4 is 14.8 Å². The number of amides is 1. The molecule has 0 aliphatic heterocycles. The van der Waals surface area contributed by atoms with E-state index in [-0.39, 0.29) is 32.8 Å². The molecule has 0 bridgehead atoms. The molecule has 0 spiro atoms. The lowest BCUT2D eigenvalue weighted by Gasteiger charge is -2.20. The van der Waals surface area contributed by atoms with E-state index in [2.05, 4.69) is 10.0 Å². The van der Waals surface area contributed by atoms with E-state index in [1.807, 2.05) is 0 Å². The molecule has 0 saturated carbocycles. The van der Waals surface area contributed by atoms with E-state index in [0.29, 0.717) is 18.2 Å². The summed E-state index contributed by atoms with van der Waals surface area (Å²) < 4.78 is 73.2. The van der Waals surface area contributed by atoms with E-state index >= 15 is 0 Å². The zero-order valence-corrected chi connectivity index (χ0v) is 21.1. The molecule has 0 heterocycles. The summed E-state index contributed by atoms with van der Waals surface area (Å²) in [5, 5.41) is 2.22. The van der Waals surface area contributed by atoms with E-state index in [1.165, 1.54) is 18.2 Å². The van der Waals surface area contributed by atoms with Crippen LogP contribution >= 0.6 is 23.2 Å². The minimum atomic E-state index is -4.66. The van der Waals surface area contributed by atoms with Crippen LogP contribution in [0.15, 0.2) is 71.6 Å². The number of anilines is 1. The summed E-state index contributed by atoms with van der Waals surface area (Å²) in [4.78, 5) is 12.9. The molecule has 0 aromatic heterocycles. The Morgan fingerprint density at radius 3 is 2.31 bits per heavy atom. The third-order valence-electron chi connectivity index (χ3n) is 4.96. The molecule has 0 aliphatic rings. The van der Waals surface area contributed by atoms with Crippen molar-refractivity contribution in [3.8, 4) is 5.75 Å². The third kappa shape index (κ3) is 7.13. The largest absolute Gasteiger partial charge is 0.492 e. The van der Waals surface area contributed by atoms with Crippen molar-refractivity contribution in [2.75, 3.05) is 11.9 Å². The van der Waals surface area contributed by atoms with Crippen molar-refractivity contribution in [3.63, 3.8) is 0 Å².